The van der Waals surface area contributed by atoms with Gasteiger partial charge in [0.05, 0.1) is 10.7 Å². The molecule has 4 nitrogen and oxygen atoms in total. The fraction of sp³-hybridized carbons (Fsp3) is 0.412. The zero-order chi connectivity index (χ0) is 17.2. The van der Waals surface area contributed by atoms with Crippen molar-refractivity contribution in [3.05, 3.63) is 40.0 Å². The molecule has 124 valence electrons. The molecule has 0 saturated heterocycles. The van der Waals surface area contributed by atoms with Crippen molar-refractivity contribution in [3.63, 3.8) is 0 Å². The topological polar surface area (TPSA) is 56.1 Å². The predicted octanol–water partition coefficient (Wildman–Crippen LogP) is 4.85. The first-order valence-corrected chi connectivity index (χ1v) is 8.39. The van der Waals surface area contributed by atoms with E-state index in [9.17, 15) is 10.1 Å². The van der Waals surface area contributed by atoms with Crippen molar-refractivity contribution in [1.29, 1.82) is 5.26 Å². The summed E-state index contributed by atoms with van der Waals surface area (Å²) >= 11 is 11.9. The Morgan fingerprint density at radius 1 is 1.30 bits per heavy atom. The van der Waals surface area contributed by atoms with Gasteiger partial charge in [0.15, 0.2) is 0 Å². The van der Waals surface area contributed by atoms with E-state index in [1.807, 2.05) is 11.0 Å². The van der Waals surface area contributed by atoms with Crippen molar-refractivity contribution < 1.29 is 4.79 Å². The summed E-state index contributed by atoms with van der Waals surface area (Å²) in [5.74, 6) is -0.477. The molecule has 1 aromatic rings. The molecule has 0 saturated carbocycles. The number of benzene rings is 1. The molecule has 6 heteroatoms. The SMILES string of the molecule is CCCCN(/C=C(/C#N)C(=O)Nc1ccc(Cl)cc1Cl)CCC. The first-order chi connectivity index (χ1) is 11.0. The number of unbranched alkanes of at least 4 members (excludes halogenated alkanes) is 1. The Hall–Kier alpha value is -1.70. The Kier molecular flexibility index (Phi) is 8.53. The Bertz CT molecular complexity index is 608. The zero-order valence-electron chi connectivity index (χ0n) is 13.4. The molecule has 0 radical (unpaired) electrons. The molecule has 23 heavy (non-hydrogen) atoms. The van der Waals surface area contributed by atoms with Crippen LogP contribution >= 0.6 is 23.2 Å². The van der Waals surface area contributed by atoms with Crippen LogP contribution < -0.4 is 5.32 Å². The third-order valence-electron chi connectivity index (χ3n) is 3.17. The summed E-state index contributed by atoms with van der Waals surface area (Å²) in [6.07, 6.45) is 4.64. The van der Waals surface area contributed by atoms with E-state index in [0.717, 1.165) is 32.4 Å². The van der Waals surface area contributed by atoms with Crippen molar-refractivity contribution in [1.82, 2.24) is 4.90 Å². The van der Waals surface area contributed by atoms with Crippen LogP contribution in [0.1, 0.15) is 33.1 Å². The molecule has 0 aliphatic rings. The summed E-state index contributed by atoms with van der Waals surface area (Å²) in [7, 11) is 0. The lowest BCUT2D eigenvalue weighted by molar-refractivity contribution is -0.112. The molecular weight excluding hydrogens is 333 g/mol. The average molecular weight is 354 g/mol. The van der Waals surface area contributed by atoms with Crippen LogP contribution in [0.4, 0.5) is 5.69 Å². The number of carbonyl (C=O) groups is 1. The highest BCUT2D eigenvalue weighted by Crippen LogP contribution is 2.25. The molecule has 1 rings (SSSR count). The largest absolute Gasteiger partial charge is 0.376 e. The van der Waals surface area contributed by atoms with E-state index in [-0.39, 0.29) is 5.57 Å². The maximum atomic E-state index is 12.3. The highest BCUT2D eigenvalue weighted by Gasteiger charge is 2.13. The van der Waals surface area contributed by atoms with Crippen LogP contribution in [0.2, 0.25) is 10.0 Å². The number of rotatable bonds is 8. The predicted molar refractivity (Wildman–Crippen MR) is 95.6 cm³/mol. The van der Waals surface area contributed by atoms with E-state index in [4.69, 9.17) is 23.2 Å². The quantitative estimate of drug-likeness (QED) is 0.536. The van der Waals surface area contributed by atoms with Gasteiger partial charge in [-0.05, 0) is 31.0 Å². The van der Waals surface area contributed by atoms with Gasteiger partial charge in [0, 0.05) is 24.3 Å². The average Bonchev–Trinajstić information content (AvgIpc) is 2.52. The molecular formula is C17H21Cl2N3O. The maximum absolute atomic E-state index is 12.3. The molecule has 0 spiro atoms. The number of hydrogen-bond acceptors (Lipinski definition) is 3. The highest BCUT2D eigenvalue weighted by atomic mass is 35.5. The lowest BCUT2D eigenvalue weighted by Gasteiger charge is -2.19. The lowest BCUT2D eigenvalue weighted by atomic mass is 10.2. The molecule has 0 heterocycles. The molecule has 1 aromatic carbocycles. The van der Waals surface area contributed by atoms with Gasteiger partial charge in [-0.25, -0.2) is 0 Å². The number of nitrogens with one attached hydrogen (secondary N) is 1. The van der Waals surface area contributed by atoms with Crippen LogP contribution in [-0.2, 0) is 4.79 Å². The van der Waals surface area contributed by atoms with Gasteiger partial charge in [0.25, 0.3) is 5.91 Å². The van der Waals surface area contributed by atoms with Crippen LogP contribution in [0, 0.1) is 11.3 Å². The smallest absolute Gasteiger partial charge is 0.267 e. The van der Waals surface area contributed by atoms with Gasteiger partial charge >= 0.3 is 0 Å². The van der Waals surface area contributed by atoms with E-state index in [1.165, 1.54) is 0 Å². The van der Waals surface area contributed by atoms with Gasteiger partial charge in [-0.1, -0.05) is 43.5 Å². The van der Waals surface area contributed by atoms with Crippen LogP contribution in [-0.4, -0.2) is 23.9 Å². The third kappa shape index (κ3) is 6.52. The van der Waals surface area contributed by atoms with Crippen LogP contribution in [0.3, 0.4) is 0 Å². The number of nitriles is 1. The van der Waals surface area contributed by atoms with E-state index in [2.05, 4.69) is 19.2 Å². The van der Waals surface area contributed by atoms with Crippen LogP contribution in [0.5, 0.6) is 0 Å². The highest BCUT2D eigenvalue weighted by molar-refractivity contribution is 6.36. The third-order valence-corrected chi connectivity index (χ3v) is 3.71. The fourth-order valence-electron chi connectivity index (χ4n) is 1.99. The summed E-state index contributed by atoms with van der Waals surface area (Å²) in [5, 5.41) is 12.7. The second-order valence-electron chi connectivity index (χ2n) is 5.12. The number of nitrogens with zero attached hydrogens (tertiary/aromatic N) is 2. The minimum Gasteiger partial charge on any atom is -0.376 e. The Balaban J connectivity index is 2.87. The van der Waals surface area contributed by atoms with Gasteiger partial charge in [0.2, 0.25) is 0 Å². The van der Waals surface area contributed by atoms with Crippen LogP contribution in [0.25, 0.3) is 0 Å². The monoisotopic (exact) mass is 353 g/mol. The molecule has 0 unspecified atom stereocenters. The summed E-state index contributed by atoms with van der Waals surface area (Å²) < 4.78 is 0. The summed E-state index contributed by atoms with van der Waals surface area (Å²) in [5.41, 5.74) is 0.485. The fourth-order valence-corrected chi connectivity index (χ4v) is 2.45. The van der Waals surface area contributed by atoms with Gasteiger partial charge in [0.1, 0.15) is 11.6 Å². The number of amides is 1. The molecule has 0 fully saturated rings. The minimum atomic E-state index is -0.477. The first kappa shape index (κ1) is 19.3. The normalized spacial score (nSPS) is 11.0. The minimum absolute atomic E-state index is 0.0561. The second kappa shape index (κ2) is 10.1. The molecule has 1 amide bonds. The van der Waals surface area contributed by atoms with E-state index < -0.39 is 5.91 Å². The summed E-state index contributed by atoms with van der Waals surface area (Å²) in [4.78, 5) is 14.3. The van der Waals surface area contributed by atoms with E-state index >= 15 is 0 Å². The van der Waals surface area contributed by atoms with Gasteiger partial charge in [-0.2, -0.15) is 5.26 Å². The summed E-state index contributed by atoms with van der Waals surface area (Å²) in [6, 6.07) is 6.74. The van der Waals surface area contributed by atoms with Gasteiger partial charge in [-0.3, -0.25) is 4.79 Å². The first-order valence-electron chi connectivity index (χ1n) is 7.64. The number of anilines is 1. The van der Waals surface area contributed by atoms with Gasteiger partial charge < -0.3 is 10.2 Å². The zero-order valence-corrected chi connectivity index (χ0v) is 14.9. The molecule has 0 aliphatic carbocycles. The van der Waals surface area contributed by atoms with E-state index in [0.29, 0.717) is 15.7 Å². The van der Waals surface area contributed by atoms with Crippen molar-refractivity contribution in [2.24, 2.45) is 0 Å². The molecule has 0 aliphatic heterocycles. The van der Waals surface area contributed by atoms with Crippen molar-refractivity contribution in [2.45, 2.75) is 33.1 Å². The Morgan fingerprint density at radius 2 is 2.04 bits per heavy atom. The number of halogens is 2. The summed E-state index contributed by atoms with van der Waals surface area (Å²) in [6.45, 7) is 5.80. The van der Waals surface area contributed by atoms with Crippen LogP contribution in [0.15, 0.2) is 30.0 Å². The van der Waals surface area contributed by atoms with Crippen molar-refractivity contribution in [2.75, 3.05) is 18.4 Å². The standard InChI is InChI=1S/C17H21Cl2N3O/c1-3-5-9-22(8-4-2)12-13(11-20)17(23)21-16-7-6-14(18)10-15(16)19/h6-7,10,12H,3-5,8-9H2,1-2H3,(H,21,23)/b13-12-. The van der Waals surface area contributed by atoms with E-state index in [1.54, 1.807) is 24.4 Å². The van der Waals surface area contributed by atoms with Crippen molar-refractivity contribution in [3.8, 4) is 6.07 Å². The second-order valence-corrected chi connectivity index (χ2v) is 5.97. The lowest BCUT2D eigenvalue weighted by Crippen LogP contribution is -2.23. The molecule has 0 atom stereocenters. The van der Waals surface area contributed by atoms with Crippen molar-refractivity contribution >= 4 is 34.8 Å². The molecule has 0 aromatic heterocycles. The number of hydrogen-bond donors (Lipinski definition) is 1. The molecule has 0 bridgehead atoms. The van der Waals surface area contributed by atoms with Gasteiger partial charge in [-0.15, -0.1) is 0 Å². The number of carbonyl (C=O) groups excluding carboxylic acids is 1. The Morgan fingerprint density at radius 3 is 2.61 bits per heavy atom. The maximum Gasteiger partial charge on any atom is 0.267 e. The molecule has 1 N–H and O–H groups in total. The Labute approximate surface area is 147 Å².